The van der Waals surface area contributed by atoms with Gasteiger partial charge in [0.2, 0.25) is 0 Å². The predicted molar refractivity (Wildman–Crippen MR) is 74.0 cm³/mol. The van der Waals surface area contributed by atoms with Gasteiger partial charge in [-0.1, -0.05) is 0 Å². The van der Waals surface area contributed by atoms with Gasteiger partial charge in [0.05, 0.1) is 17.7 Å². The number of amides is 2. The van der Waals surface area contributed by atoms with Crippen molar-refractivity contribution in [1.29, 1.82) is 0 Å². The second kappa shape index (κ2) is 4.45. The topological polar surface area (TPSA) is 76.3 Å². The number of pyridine rings is 1. The van der Waals surface area contributed by atoms with Crippen LogP contribution in [-0.4, -0.2) is 21.7 Å². The molecule has 2 heterocycles. The Morgan fingerprint density at radius 3 is 2.65 bits per heavy atom. The Balaban J connectivity index is 1.96. The number of hydrogen-bond donors (Lipinski definition) is 1. The van der Waals surface area contributed by atoms with Gasteiger partial charge in [-0.3, -0.25) is 19.5 Å². The molecule has 0 spiro atoms. The molecule has 100 valence electrons. The average Bonchev–Trinajstić information content (AvgIpc) is 2.66. The number of rotatable bonds is 2. The Labute approximate surface area is 116 Å². The summed E-state index contributed by atoms with van der Waals surface area (Å²) in [7, 11) is 0. The molecule has 3 rings (SSSR count). The molecule has 0 radical (unpaired) electrons. The van der Waals surface area contributed by atoms with Gasteiger partial charge in [0.1, 0.15) is 0 Å². The zero-order valence-electron chi connectivity index (χ0n) is 11.0. The fourth-order valence-electron chi connectivity index (χ4n) is 2.30. The van der Waals surface area contributed by atoms with Gasteiger partial charge in [-0.2, -0.15) is 0 Å². The molecule has 0 atom stereocenters. The van der Waals surface area contributed by atoms with Crippen molar-refractivity contribution < 1.29 is 9.59 Å². The third-order valence-electron chi connectivity index (χ3n) is 3.46. The maximum Gasteiger partial charge on any atom is 0.261 e. The lowest BCUT2D eigenvalue weighted by Crippen LogP contribution is -2.29. The van der Waals surface area contributed by atoms with Crippen LogP contribution in [0.1, 0.15) is 31.8 Å². The van der Waals surface area contributed by atoms with Crippen LogP contribution >= 0.6 is 0 Å². The molecule has 1 aliphatic heterocycles. The molecule has 0 unspecified atom stereocenters. The van der Waals surface area contributed by atoms with E-state index in [1.54, 1.807) is 30.6 Å². The number of nitrogens with two attached hydrogens (primary N) is 1. The highest BCUT2D eigenvalue weighted by Gasteiger charge is 2.35. The minimum atomic E-state index is -0.298. The molecule has 5 nitrogen and oxygen atoms in total. The summed E-state index contributed by atoms with van der Waals surface area (Å²) in [6.45, 7) is 2.15. The monoisotopic (exact) mass is 267 g/mol. The summed E-state index contributed by atoms with van der Waals surface area (Å²) >= 11 is 0. The van der Waals surface area contributed by atoms with Crippen molar-refractivity contribution in [1.82, 2.24) is 9.88 Å². The van der Waals surface area contributed by atoms with E-state index in [1.807, 2.05) is 13.0 Å². The Morgan fingerprint density at radius 1 is 1.15 bits per heavy atom. The molecular weight excluding hydrogens is 254 g/mol. The first kappa shape index (κ1) is 12.3. The van der Waals surface area contributed by atoms with Crippen molar-refractivity contribution in [3.8, 4) is 0 Å². The number of fused-ring (bicyclic) bond motifs is 1. The molecule has 2 N–H and O–H groups in total. The van der Waals surface area contributed by atoms with Crippen molar-refractivity contribution in [2.45, 2.75) is 13.5 Å². The number of hydrogen-bond acceptors (Lipinski definition) is 4. The number of aromatic nitrogens is 1. The number of benzene rings is 1. The highest BCUT2D eigenvalue weighted by Crippen LogP contribution is 2.26. The highest BCUT2D eigenvalue weighted by molar-refractivity contribution is 6.21. The fourth-order valence-corrected chi connectivity index (χ4v) is 2.30. The molecule has 2 amide bonds. The van der Waals surface area contributed by atoms with Crippen molar-refractivity contribution in [3.63, 3.8) is 0 Å². The van der Waals surface area contributed by atoms with E-state index in [0.717, 1.165) is 11.1 Å². The lowest BCUT2D eigenvalue weighted by atomic mass is 10.1. The van der Waals surface area contributed by atoms with Crippen LogP contribution in [-0.2, 0) is 6.54 Å². The van der Waals surface area contributed by atoms with Crippen LogP contribution in [0.4, 0.5) is 5.69 Å². The van der Waals surface area contributed by atoms with Crippen molar-refractivity contribution in [3.05, 3.63) is 58.9 Å². The molecule has 0 saturated carbocycles. The van der Waals surface area contributed by atoms with E-state index in [4.69, 9.17) is 5.73 Å². The summed E-state index contributed by atoms with van der Waals surface area (Å²) < 4.78 is 0. The summed E-state index contributed by atoms with van der Waals surface area (Å²) in [5, 5.41) is 0. The van der Waals surface area contributed by atoms with Gasteiger partial charge in [-0.05, 0) is 42.3 Å². The minimum Gasteiger partial charge on any atom is -0.399 e. The van der Waals surface area contributed by atoms with Gasteiger partial charge in [-0.15, -0.1) is 0 Å². The lowest BCUT2D eigenvalue weighted by molar-refractivity contribution is 0.0642. The summed E-state index contributed by atoms with van der Waals surface area (Å²) in [4.78, 5) is 29.8. The highest BCUT2D eigenvalue weighted by atomic mass is 16.2. The summed E-state index contributed by atoms with van der Waals surface area (Å²) in [6.07, 6.45) is 3.37. The standard InChI is InChI=1S/C15H13N3O2/c1-9-7-17-5-4-10(9)8-18-14(19)12-3-2-11(16)6-13(12)15(18)20/h2-7H,8,16H2,1H3. The molecule has 1 aliphatic rings. The van der Waals surface area contributed by atoms with Crippen LogP contribution in [0, 0.1) is 6.92 Å². The van der Waals surface area contributed by atoms with Crippen LogP contribution in [0.3, 0.4) is 0 Å². The van der Waals surface area contributed by atoms with Crippen LogP contribution in [0.25, 0.3) is 0 Å². The quantitative estimate of drug-likeness (QED) is 0.664. The lowest BCUT2D eigenvalue weighted by Gasteiger charge is -2.15. The van der Waals surface area contributed by atoms with Crippen LogP contribution in [0.15, 0.2) is 36.7 Å². The second-order valence-electron chi connectivity index (χ2n) is 4.80. The van der Waals surface area contributed by atoms with Crippen LogP contribution in [0.5, 0.6) is 0 Å². The maximum absolute atomic E-state index is 12.3. The van der Waals surface area contributed by atoms with Crippen molar-refractivity contribution in [2.24, 2.45) is 0 Å². The van der Waals surface area contributed by atoms with Gasteiger partial charge >= 0.3 is 0 Å². The molecule has 0 fully saturated rings. The first-order valence-corrected chi connectivity index (χ1v) is 6.23. The van der Waals surface area contributed by atoms with Gasteiger partial charge in [0, 0.05) is 18.1 Å². The zero-order chi connectivity index (χ0) is 14.3. The third kappa shape index (κ3) is 1.84. The van der Waals surface area contributed by atoms with Gasteiger partial charge < -0.3 is 5.73 Å². The third-order valence-corrected chi connectivity index (χ3v) is 3.46. The summed E-state index contributed by atoms with van der Waals surface area (Å²) in [6, 6.07) is 6.59. The van der Waals surface area contributed by atoms with Crippen LogP contribution < -0.4 is 5.73 Å². The Hall–Kier alpha value is -2.69. The first-order valence-electron chi connectivity index (χ1n) is 6.23. The van der Waals surface area contributed by atoms with Crippen LogP contribution in [0.2, 0.25) is 0 Å². The van der Waals surface area contributed by atoms with Crippen molar-refractivity contribution >= 4 is 17.5 Å². The average molecular weight is 267 g/mol. The normalized spacial score (nSPS) is 13.8. The summed E-state index contributed by atoms with van der Waals surface area (Å²) in [5.41, 5.74) is 8.79. The van der Waals surface area contributed by atoms with Gasteiger partial charge in [0.15, 0.2) is 0 Å². The number of nitrogen functional groups attached to an aromatic ring is 1. The molecule has 1 aromatic heterocycles. The van der Waals surface area contributed by atoms with E-state index in [1.165, 1.54) is 4.90 Å². The molecule has 5 heteroatoms. The number of carbonyl (C=O) groups is 2. The number of carbonyl (C=O) groups excluding carboxylic acids is 2. The van der Waals surface area contributed by atoms with Gasteiger partial charge in [0.25, 0.3) is 11.8 Å². The molecular formula is C15H13N3O2. The SMILES string of the molecule is Cc1cnccc1CN1C(=O)c2ccc(N)cc2C1=O. The van der Waals surface area contributed by atoms with E-state index in [2.05, 4.69) is 4.98 Å². The minimum absolute atomic E-state index is 0.251. The Kier molecular flexibility index (Phi) is 2.75. The molecule has 0 saturated heterocycles. The Morgan fingerprint density at radius 2 is 1.90 bits per heavy atom. The van der Waals surface area contributed by atoms with E-state index in [-0.39, 0.29) is 18.4 Å². The van der Waals surface area contributed by atoms with E-state index in [0.29, 0.717) is 16.8 Å². The smallest absolute Gasteiger partial charge is 0.261 e. The molecule has 1 aromatic carbocycles. The molecule has 2 aromatic rings. The molecule has 0 aliphatic carbocycles. The van der Waals surface area contributed by atoms with Crippen molar-refractivity contribution in [2.75, 3.05) is 5.73 Å². The largest absolute Gasteiger partial charge is 0.399 e. The number of anilines is 1. The fraction of sp³-hybridized carbons (Fsp3) is 0.133. The summed E-state index contributed by atoms with van der Waals surface area (Å²) in [5.74, 6) is -0.574. The number of nitrogens with zero attached hydrogens (tertiary/aromatic N) is 2. The first-order chi connectivity index (χ1) is 9.58. The van der Waals surface area contributed by atoms with Gasteiger partial charge in [-0.25, -0.2) is 0 Å². The number of aryl methyl sites for hydroxylation is 1. The number of imide groups is 1. The maximum atomic E-state index is 12.3. The second-order valence-corrected chi connectivity index (χ2v) is 4.80. The molecule has 20 heavy (non-hydrogen) atoms. The molecule has 0 bridgehead atoms. The van der Waals surface area contributed by atoms with E-state index < -0.39 is 0 Å². The van der Waals surface area contributed by atoms with E-state index in [9.17, 15) is 9.59 Å². The Bertz CT molecular complexity index is 725. The van der Waals surface area contributed by atoms with E-state index >= 15 is 0 Å². The predicted octanol–water partition coefficient (Wildman–Crippen LogP) is 1.77. The zero-order valence-corrected chi connectivity index (χ0v) is 11.0.